The van der Waals surface area contributed by atoms with Gasteiger partial charge in [0.15, 0.2) is 5.82 Å². The normalized spacial score (nSPS) is 19.1. The summed E-state index contributed by atoms with van der Waals surface area (Å²) in [4.78, 5) is 4.31. The van der Waals surface area contributed by atoms with Crippen LogP contribution >= 0.6 is 0 Å². The van der Waals surface area contributed by atoms with Gasteiger partial charge in [0.25, 0.3) is 0 Å². The highest BCUT2D eigenvalue weighted by atomic mass is 16.5. The van der Waals surface area contributed by atoms with Crippen molar-refractivity contribution < 1.29 is 9.26 Å². The third kappa shape index (κ3) is 2.41. The highest BCUT2D eigenvalue weighted by molar-refractivity contribution is 5.04. The molecule has 1 aromatic heterocycles. The number of ether oxygens (including phenoxy) is 1. The molecule has 0 spiro atoms. The lowest BCUT2D eigenvalue weighted by molar-refractivity contribution is 0.114. The molecular weight excluding hydrogens is 206 g/mol. The van der Waals surface area contributed by atoms with Crippen LogP contribution in [0.15, 0.2) is 4.52 Å². The van der Waals surface area contributed by atoms with Crippen LogP contribution in [0, 0.1) is 0 Å². The van der Waals surface area contributed by atoms with E-state index in [1.807, 2.05) is 0 Å². The topological polar surface area (TPSA) is 74.2 Å². The van der Waals surface area contributed by atoms with Crippen LogP contribution < -0.4 is 5.73 Å². The van der Waals surface area contributed by atoms with Gasteiger partial charge in [0.2, 0.25) is 5.89 Å². The van der Waals surface area contributed by atoms with Gasteiger partial charge in [0.1, 0.15) is 6.61 Å². The van der Waals surface area contributed by atoms with Crippen molar-refractivity contribution >= 4 is 0 Å². The average molecular weight is 225 g/mol. The Labute approximate surface area is 95.3 Å². The molecule has 0 aromatic carbocycles. The van der Waals surface area contributed by atoms with E-state index in [0.29, 0.717) is 18.3 Å². The van der Waals surface area contributed by atoms with Crippen molar-refractivity contribution in [3.63, 3.8) is 0 Å². The van der Waals surface area contributed by atoms with Crippen molar-refractivity contribution in [3.8, 4) is 0 Å². The minimum Gasteiger partial charge on any atom is -0.373 e. The Kier molecular flexibility index (Phi) is 3.56. The summed E-state index contributed by atoms with van der Waals surface area (Å²) in [6, 6.07) is 0. The van der Waals surface area contributed by atoms with Crippen LogP contribution in [0.3, 0.4) is 0 Å². The van der Waals surface area contributed by atoms with E-state index >= 15 is 0 Å². The quantitative estimate of drug-likeness (QED) is 0.772. The van der Waals surface area contributed by atoms with Gasteiger partial charge in [-0.2, -0.15) is 4.98 Å². The zero-order valence-electron chi connectivity index (χ0n) is 9.74. The minimum absolute atomic E-state index is 0.393. The third-order valence-electron chi connectivity index (χ3n) is 2.97. The maximum Gasteiger partial charge on any atom is 0.246 e. The lowest BCUT2D eigenvalue weighted by Crippen LogP contribution is -2.33. The van der Waals surface area contributed by atoms with Gasteiger partial charge < -0.3 is 15.0 Å². The van der Waals surface area contributed by atoms with Crippen molar-refractivity contribution in [1.29, 1.82) is 0 Å². The predicted molar refractivity (Wildman–Crippen MR) is 58.6 cm³/mol. The zero-order valence-corrected chi connectivity index (χ0v) is 9.74. The monoisotopic (exact) mass is 225 g/mol. The number of aromatic nitrogens is 2. The second kappa shape index (κ2) is 4.93. The molecule has 5 nitrogen and oxygen atoms in total. The van der Waals surface area contributed by atoms with E-state index in [2.05, 4.69) is 17.1 Å². The highest BCUT2D eigenvalue weighted by Gasteiger charge is 2.36. The fourth-order valence-electron chi connectivity index (χ4n) is 2.04. The molecule has 5 heteroatoms. The summed E-state index contributed by atoms with van der Waals surface area (Å²) < 4.78 is 10.6. The smallest absolute Gasteiger partial charge is 0.246 e. The van der Waals surface area contributed by atoms with Crippen molar-refractivity contribution in [2.24, 2.45) is 5.73 Å². The van der Waals surface area contributed by atoms with Gasteiger partial charge in [-0.05, 0) is 19.3 Å². The van der Waals surface area contributed by atoms with E-state index in [1.54, 1.807) is 0 Å². The molecule has 1 aromatic rings. The fourth-order valence-corrected chi connectivity index (χ4v) is 2.04. The van der Waals surface area contributed by atoms with Crippen LogP contribution in [0.25, 0.3) is 0 Å². The molecule has 1 aliphatic rings. The van der Waals surface area contributed by atoms with Crippen molar-refractivity contribution in [3.05, 3.63) is 11.7 Å². The number of hydrogen-bond donors (Lipinski definition) is 1. The Balaban J connectivity index is 1.96. The number of nitrogens with two attached hydrogens (primary N) is 1. The highest BCUT2D eigenvalue weighted by Crippen LogP contribution is 2.35. The van der Waals surface area contributed by atoms with Crippen molar-refractivity contribution in [2.75, 3.05) is 6.61 Å². The summed E-state index contributed by atoms with van der Waals surface area (Å²) in [5.74, 6) is 1.17. The first-order chi connectivity index (χ1) is 7.74. The zero-order chi connectivity index (χ0) is 11.4. The van der Waals surface area contributed by atoms with Gasteiger partial charge in [-0.25, -0.2) is 0 Å². The molecule has 0 amide bonds. The molecule has 0 unspecified atom stereocenters. The van der Waals surface area contributed by atoms with E-state index in [4.69, 9.17) is 15.0 Å². The molecule has 16 heavy (non-hydrogen) atoms. The maximum absolute atomic E-state index is 6.21. The molecule has 0 atom stereocenters. The molecule has 0 radical (unpaired) electrons. The van der Waals surface area contributed by atoms with Crippen LogP contribution in [0.2, 0.25) is 0 Å². The Morgan fingerprint density at radius 3 is 2.88 bits per heavy atom. The van der Waals surface area contributed by atoms with Crippen LogP contribution in [0.1, 0.15) is 50.7 Å². The first kappa shape index (κ1) is 11.5. The van der Waals surface area contributed by atoms with Crippen molar-refractivity contribution in [1.82, 2.24) is 10.1 Å². The van der Waals surface area contributed by atoms with Crippen LogP contribution in [-0.2, 0) is 16.9 Å². The molecule has 1 aliphatic carbocycles. The fraction of sp³-hybridized carbons (Fsp3) is 0.818. The van der Waals surface area contributed by atoms with Crippen LogP contribution in [0.5, 0.6) is 0 Å². The molecule has 0 aliphatic heterocycles. The predicted octanol–water partition coefficient (Wildman–Crippen LogP) is 1.72. The van der Waals surface area contributed by atoms with E-state index in [-0.39, 0.29) is 0 Å². The van der Waals surface area contributed by atoms with E-state index < -0.39 is 5.54 Å². The third-order valence-corrected chi connectivity index (χ3v) is 2.97. The summed E-state index contributed by atoms with van der Waals surface area (Å²) in [5.41, 5.74) is 5.82. The average Bonchev–Trinajstić information content (AvgIpc) is 2.88. The van der Waals surface area contributed by atoms with Gasteiger partial charge in [-0.3, -0.25) is 0 Å². The molecule has 0 bridgehead atoms. The van der Waals surface area contributed by atoms with Gasteiger partial charge in [0, 0.05) is 6.61 Å². The summed E-state index contributed by atoms with van der Waals surface area (Å²) in [6.07, 6.45) is 5.14. The van der Waals surface area contributed by atoms with Gasteiger partial charge in [-0.1, -0.05) is 24.9 Å². The first-order valence-corrected chi connectivity index (χ1v) is 5.94. The Morgan fingerprint density at radius 1 is 1.44 bits per heavy atom. The standard InChI is InChI=1S/C11H19N3O2/c1-2-7-15-8-9-13-10(16-14-9)11(12)5-3-4-6-11/h2-8,12H2,1H3. The molecule has 1 heterocycles. The Bertz CT molecular complexity index is 332. The second-order valence-corrected chi connectivity index (χ2v) is 4.43. The summed E-state index contributed by atoms with van der Waals surface area (Å²) in [7, 11) is 0. The molecule has 2 N–H and O–H groups in total. The minimum atomic E-state index is -0.393. The molecule has 1 fully saturated rings. The SMILES string of the molecule is CCCOCc1noc(C2(N)CCCC2)n1. The first-order valence-electron chi connectivity index (χ1n) is 5.94. The van der Waals surface area contributed by atoms with Crippen molar-refractivity contribution in [2.45, 2.75) is 51.2 Å². The lowest BCUT2D eigenvalue weighted by atomic mass is 9.99. The number of nitrogens with zero attached hydrogens (tertiary/aromatic N) is 2. The Hall–Kier alpha value is -0.940. The molecule has 1 saturated carbocycles. The number of hydrogen-bond acceptors (Lipinski definition) is 5. The lowest BCUT2D eigenvalue weighted by Gasteiger charge is -2.17. The number of rotatable bonds is 5. The second-order valence-electron chi connectivity index (χ2n) is 4.43. The molecular formula is C11H19N3O2. The molecule has 0 saturated heterocycles. The van der Waals surface area contributed by atoms with Gasteiger partial charge in [-0.15, -0.1) is 0 Å². The summed E-state index contributed by atoms with van der Waals surface area (Å²) in [5, 5.41) is 3.89. The molecule has 2 rings (SSSR count). The molecule has 90 valence electrons. The van der Waals surface area contributed by atoms with E-state index in [0.717, 1.165) is 38.7 Å². The summed E-state index contributed by atoms with van der Waals surface area (Å²) >= 11 is 0. The summed E-state index contributed by atoms with van der Waals surface area (Å²) in [6.45, 7) is 3.19. The largest absolute Gasteiger partial charge is 0.373 e. The van der Waals surface area contributed by atoms with Crippen LogP contribution in [0.4, 0.5) is 0 Å². The van der Waals surface area contributed by atoms with Gasteiger partial charge >= 0.3 is 0 Å². The van der Waals surface area contributed by atoms with Crippen LogP contribution in [-0.4, -0.2) is 16.7 Å². The van der Waals surface area contributed by atoms with E-state index in [9.17, 15) is 0 Å². The maximum atomic E-state index is 6.21. The Morgan fingerprint density at radius 2 is 2.19 bits per heavy atom. The van der Waals surface area contributed by atoms with Gasteiger partial charge in [0.05, 0.1) is 5.54 Å². The van der Waals surface area contributed by atoms with E-state index in [1.165, 1.54) is 0 Å².